The number of alkyl halides is 2. The van der Waals surface area contributed by atoms with Crippen molar-refractivity contribution in [2.75, 3.05) is 11.1 Å². The van der Waals surface area contributed by atoms with E-state index in [-0.39, 0.29) is 43.2 Å². The number of nitrogens with zero attached hydrogens (tertiary/aromatic N) is 5. The molecule has 0 bridgehead atoms. The number of nitrogens with two attached hydrogens (primary N) is 1. The Morgan fingerprint density at radius 1 is 1.37 bits per heavy atom. The molecule has 0 aliphatic heterocycles. The number of carbonyl (C=O) groups is 1. The van der Waals surface area contributed by atoms with E-state index in [1.54, 1.807) is 13.0 Å². The van der Waals surface area contributed by atoms with Gasteiger partial charge in [-0.3, -0.25) is 9.89 Å². The monoisotopic (exact) mass is 376 g/mol. The third-order valence-electron chi connectivity index (χ3n) is 4.71. The van der Waals surface area contributed by atoms with Gasteiger partial charge in [0.1, 0.15) is 12.1 Å². The Balaban J connectivity index is 1.72. The molecule has 9 nitrogen and oxygen atoms in total. The number of nitrogen functional groups attached to an aromatic ring is 1. The zero-order valence-electron chi connectivity index (χ0n) is 14.5. The highest BCUT2D eigenvalue weighted by molar-refractivity contribution is 6.12. The van der Waals surface area contributed by atoms with E-state index in [0.29, 0.717) is 16.9 Å². The minimum Gasteiger partial charge on any atom is -0.383 e. The van der Waals surface area contributed by atoms with Gasteiger partial charge in [0.2, 0.25) is 5.92 Å². The number of rotatable bonds is 3. The first-order valence-electron chi connectivity index (χ1n) is 8.54. The summed E-state index contributed by atoms with van der Waals surface area (Å²) in [5.74, 6) is -2.73. The number of aryl methyl sites for hydroxylation is 1. The first-order valence-corrected chi connectivity index (χ1v) is 8.54. The fraction of sp³-hybridized carbons (Fsp3) is 0.438. The van der Waals surface area contributed by atoms with E-state index in [9.17, 15) is 13.6 Å². The Morgan fingerprint density at radius 2 is 2.11 bits per heavy atom. The van der Waals surface area contributed by atoms with Gasteiger partial charge in [0.15, 0.2) is 17.2 Å². The molecule has 0 unspecified atom stereocenters. The van der Waals surface area contributed by atoms with Crippen LogP contribution in [0.2, 0.25) is 0 Å². The van der Waals surface area contributed by atoms with Crippen molar-refractivity contribution in [2.45, 2.75) is 44.6 Å². The fourth-order valence-electron chi connectivity index (χ4n) is 3.34. The lowest BCUT2D eigenvalue weighted by Gasteiger charge is -2.28. The minimum atomic E-state index is -2.66. The maximum absolute atomic E-state index is 13.5. The fourth-order valence-corrected chi connectivity index (χ4v) is 3.34. The summed E-state index contributed by atoms with van der Waals surface area (Å²) in [5, 5.41) is 14.0. The summed E-state index contributed by atoms with van der Waals surface area (Å²) in [6.07, 6.45) is 1.30. The number of nitrogens with one attached hydrogen (secondary N) is 2. The quantitative estimate of drug-likeness (QED) is 0.644. The number of amides is 1. The number of carbonyl (C=O) groups excluding carboxylic acids is 1. The maximum Gasteiger partial charge on any atom is 0.278 e. The Kier molecular flexibility index (Phi) is 4.01. The van der Waals surface area contributed by atoms with Crippen molar-refractivity contribution in [2.24, 2.45) is 0 Å². The third-order valence-corrected chi connectivity index (χ3v) is 4.71. The van der Waals surface area contributed by atoms with Crippen LogP contribution in [0.15, 0.2) is 12.4 Å². The molecule has 3 aromatic heterocycles. The van der Waals surface area contributed by atoms with Crippen LogP contribution >= 0.6 is 0 Å². The first-order chi connectivity index (χ1) is 12.8. The van der Waals surface area contributed by atoms with Gasteiger partial charge in [-0.05, 0) is 19.8 Å². The molecule has 1 amide bonds. The average molecular weight is 376 g/mol. The lowest BCUT2D eigenvalue weighted by Crippen LogP contribution is -2.27. The molecule has 3 heterocycles. The van der Waals surface area contributed by atoms with Gasteiger partial charge in [-0.1, -0.05) is 0 Å². The minimum absolute atomic E-state index is 0.0427. The molecule has 11 heteroatoms. The van der Waals surface area contributed by atoms with Crippen molar-refractivity contribution < 1.29 is 13.6 Å². The summed E-state index contributed by atoms with van der Waals surface area (Å²) in [6, 6.07) is 1.38. The van der Waals surface area contributed by atoms with Gasteiger partial charge in [0.05, 0.1) is 11.4 Å². The Morgan fingerprint density at radius 3 is 2.78 bits per heavy atom. The number of fused-ring (bicyclic) bond motifs is 1. The number of hydrogen-bond donors (Lipinski definition) is 3. The number of hydrogen-bond acceptors (Lipinski definition) is 6. The van der Waals surface area contributed by atoms with Gasteiger partial charge < -0.3 is 11.1 Å². The van der Waals surface area contributed by atoms with E-state index >= 15 is 0 Å². The van der Waals surface area contributed by atoms with Crippen LogP contribution in [-0.4, -0.2) is 41.8 Å². The second-order valence-corrected chi connectivity index (χ2v) is 6.73. The number of H-pyrrole nitrogens is 1. The smallest absolute Gasteiger partial charge is 0.278 e. The number of aromatic nitrogens is 6. The first kappa shape index (κ1) is 17.3. The second kappa shape index (κ2) is 6.25. The second-order valence-electron chi connectivity index (χ2n) is 6.73. The Bertz CT molecular complexity index is 1000. The molecule has 1 aliphatic carbocycles. The normalized spacial score (nSPS) is 17.3. The predicted molar refractivity (Wildman–Crippen MR) is 93.5 cm³/mol. The van der Waals surface area contributed by atoms with Crippen LogP contribution in [0, 0.1) is 6.92 Å². The topological polar surface area (TPSA) is 127 Å². The molecule has 0 atom stereocenters. The van der Waals surface area contributed by atoms with Gasteiger partial charge >= 0.3 is 0 Å². The van der Waals surface area contributed by atoms with Crippen molar-refractivity contribution in [3.63, 3.8) is 0 Å². The highest BCUT2D eigenvalue weighted by Crippen LogP contribution is 2.39. The van der Waals surface area contributed by atoms with Crippen molar-refractivity contribution in [1.82, 2.24) is 29.9 Å². The summed E-state index contributed by atoms with van der Waals surface area (Å²) in [7, 11) is 0. The molecule has 3 aromatic rings. The van der Waals surface area contributed by atoms with E-state index in [2.05, 4.69) is 30.6 Å². The number of halogens is 2. The van der Waals surface area contributed by atoms with E-state index in [1.807, 2.05) is 0 Å². The van der Waals surface area contributed by atoms with E-state index < -0.39 is 11.8 Å². The summed E-state index contributed by atoms with van der Waals surface area (Å²) >= 11 is 0. The van der Waals surface area contributed by atoms with Crippen LogP contribution in [0.4, 0.5) is 20.4 Å². The van der Waals surface area contributed by atoms with Crippen LogP contribution in [0.25, 0.3) is 11.0 Å². The molecular formula is C16H18F2N8O. The molecule has 0 aromatic carbocycles. The molecular weight excluding hydrogens is 358 g/mol. The third kappa shape index (κ3) is 3.20. The van der Waals surface area contributed by atoms with Gasteiger partial charge in [0.25, 0.3) is 5.91 Å². The van der Waals surface area contributed by atoms with Crippen molar-refractivity contribution >= 4 is 28.6 Å². The van der Waals surface area contributed by atoms with Crippen molar-refractivity contribution in [3.05, 3.63) is 23.8 Å². The van der Waals surface area contributed by atoms with Crippen molar-refractivity contribution in [3.8, 4) is 0 Å². The summed E-state index contributed by atoms with van der Waals surface area (Å²) in [5.41, 5.74) is 7.14. The molecule has 1 aliphatic rings. The SMILES string of the molecule is Cc1cc(NC(=O)c2nn(C3CCC(F)(F)CC3)c3ncnc(N)c23)n[nH]1. The summed E-state index contributed by atoms with van der Waals surface area (Å²) in [6.45, 7) is 1.80. The van der Waals surface area contributed by atoms with E-state index in [4.69, 9.17) is 5.73 Å². The molecule has 0 saturated heterocycles. The zero-order valence-corrected chi connectivity index (χ0v) is 14.5. The number of aromatic amines is 1. The van der Waals surface area contributed by atoms with Gasteiger partial charge in [-0.2, -0.15) is 10.2 Å². The molecule has 0 radical (unpaired) electrons. The van der Waals surface area contributed by atoms with Gasteiger partial charge in [0, 0.05) is 24.6 Å². The Labute approximate surface area is 152 Å². The number of anilines is 2. The standard InChI is InChI=1S/C16H18F2N8O/c1-8-6-10(24-23-8)22-15(27)12-11-13(19)20-7-21-14(11)26(25-12)9-2-4-16(17,18)5-3-9/h6-7,9H,2-5H2,1H3,(H2,19,20,21)(H2,22,23,24,27). The average Bonchev–Trinajstić information content (AvgIpc) is 3.20. The summed E-state index contributed by atoms with van der Waals surface area (Å²) in [4.78, 5) is 20.8. The van der Waals surface area contributed by atoms with Gasteiger partial charge in [-0.25, -0.2) is 23.4 Å². The molecule has 4 rings (SSSR count). The molecule has 4 N–H and O–H groups in total. The van der Waals surface area contributed by atoms with Crippen LogP contribution in [0.5, 0.6) is 0 Å². The highest BCUT2D eigenvalue weighted by Gasteiger charge is 2.37. The molecule has 1 fully saturated rings. The molecule has 27 heavy (non-hydrogen) atoms. The van der Waals surface area contributed by atoms with Crippen molar-refractivity contribution in [1.29, 1.82) is 0 Å². The predicted octanol–water partition coefficient (Wildman–Crippen LogP) is 2.44. The van der Waals surface area contributed by atoms with Crippen LogP contribution in [0.3, 0.4) is 0 Å². The van der Waals surface area contributed by atoms with Gasteiger partial charge in [-0.15, -0.1) is 0 Å². The van der Waals surface area contributed by atoms with Crippen LogP contribution in [-0.2, 0) is 0 Å². The highest BCUT2D eigenvalue weighted by atomic mass is 19.3. The molecule has 1 saturated carbocycles. The van der Waals surface area contributed by atoms with E-state index in [1.165, 1.54) is 11.0 Å². The lowest BCUT2D eigenvalue weighted by atomic mass is 9.92. The molecule has 142 valence electrons. The zero-order chi connectivity index (χ0) is 19.2. The molecule has 0 spiro atoms. The van der Waals surface area contributed by atoms with Crippen LogP contribution < -0.4 is 11.1 Å². The largest absolute Gasteiger partial charge is 0.383 e. The van der Waals surface area contributed by atoms with Crippen LogP contribution in [0.1, 0.15) is 47.9 Å². The summed E-state index contributed by atoms with van der Waals surface area (Å²) < 4.78 is 28.5. The van der Waals surface area contributed by atoms with E-state index in [0.717, 1.165) is 5.69 Å². The maximum atomic E-state index is 13.5. The lowest BCUT2D eigenvalue weighted by molar-refractivity contribution is -0.0446. The Hall–Kier alpha value is -3.11.